The van der Waals surface area contributed by atoms with Crippen LogP contribution in [0.1, 0.15) is 11.1 Å². The Morgan fingerprint density at radius 3 is 2.68 bits per heavy atom. The van der Waals surface area contributed by atoms with E-state index in [-0.39, 0.29) is 5.91 Å². The Kier molecular flexibility index (Phi) is 5.06. The third kappa shape index (κ3) is 4.02. The first-order valence-electron chi connectivity index (χ1n) is 8.10. The van der Waals surface area contributed by atoms with Crippen LogP contribution in [0.25, 0.3) is 10.9 Å². The zero-order valence-corrected chi connectivity index (χ0v) is 14.4. The Balaban J connectivity index is 1.57. The molecular weight excluding hydrogens is 312 g/mol. The molecule has 0 aliphatic rings. The standard InChI is InChI=1S/C21H20N2O2/c1-23-15-17(19-7-3-4-8-20(19)23)14-21(24)22-13-5-6-16-9-11-18(25-2)12-10-16/h3-4,7-12,15H,13-14H2,1-2H3,(H,22,24). The van der Waals surface area contributed by atoms with Gasteiger partial charge < -0.3 is 14.6 Å². The van der Waals surface area contributed by atoms with Crippen LogP contribution in [0.5, 0.6) is 5.75 Å². The molecule has 1 amide bonds. The number of para-hydroxylation sites is 1. The minimum atomic E-state index is -0.0274. The second-order valence-electron chi connectivity index (χ2n) is 5.77. The van der Waals surface area contributed by atoms with Gasteiger partial charge >= 0.3 is 0 Å². The normalized spacial score (nSPS) is 10.2. The van der Waals surface area contributed by atoms with E-state index in [1.54, 1.807) is 7.11 Å². The summed E-state index contributed by atoms with van der Waals surface area (Å²) in [6.07, 6.45) is 2.36. The van der Waals surface area contributed by atoms with E-state index in [4.69, 9.17) is 4.74 Å². The van der Waals surface area contributed by atoms with Crippen molar-refractivity contribution >= 4 is 16.8 Å². The molecule has 4 nitrogen and oxygen atoms in total. The van der Waals surface area contributed by atoms with Crippen molar-refractivity contribution in [1.29, 1.82) is 0 Å². The van der Waals surface area contributed by atoms with Crippen molar-refractivity contribution in [3.63, 3.8) is 0 Å². The molecule has 0 unspecified atom stereocenters. The number of aryl methyl sites for hydroxylation is 1. The predicted octanol–water partition coefficient (Wildman–Crippen LogP) is 2.90. The number of nitrogens with zero attached hydrogens (tertiary/aromatic N) is 1. The molecule has 0 saturated carbocycles. The third-order valence-corrected chi connectivity index (χ3v) is 4.03. The van der Waals surface area contributed by atoms with Crippen molar-refractivity contribution in [3.05, 3.63) is 65.9 Å². The highest BCUT2D eigenvalue weighted by Crippen LogP contribution is 2.20. The lowest BCUT2D eigenvalue weighted by Gasteiger charge is -2.00. The number of methoxy groups -OCH3 is 1. The van der Waals surface area contributed by atoms with E-state index in [1.807, 2.05) is 60.3 Å². The summed E-state index contributed by atoms with van der Waals surface area (Å²) in [7, 11) is 3.62. The first-order chi connectivity index (χ1) is 12.2. The highest BCUT2D eigenvalue weighted by atomic mass is 16.5. The van der Waals surface area contributed by atoms with Gasteiger partial charge in [-0.05, 0) is 35.9 Å². The van der Waals surface area contributed by atoms with Gasteiger partial charge in [0.15, 0.2) is 0 Å². The van der Waals surface area contributed by atoms with Crippen LogP contribution in [0, 0.1) is 11.8 Å². The van der Waals surface area contributed by atoms with Gasteiger partial charge in [-0.15, -0.1) is 0 Å². The largest absolute Gasteiger partial charge is 0.497 e. The molecule has 126 valence electrons. The summed E-state index contributed by atoms with van der Waals surface area (Å²) in [5.41, 5.74) is 3.05. The second-order valence-corrected chi connectivity index (χ2v) is 5.77. The Morgan fingerprint density at radius 1 is 1.16 bits per heavy atom. The van der Waals surface area contributed by atoms with Crippen LogP contribution >= 0.6 is 0 Å². The van der Waals surface area contributed by atoms with Crippen molar-refractivity contribution in [1.82, 2.24) is 9.88 Å². The van der Waals surface area contributed by atoms with Gasteiger partial charge in [-0.3, -0.25) is 4.79 Å². The highest BCUT2D eigenvalue weighted by molar-refractivity contribution is 5.89. The van der Waals surface area contributed by atoms with E-state index in [2.05, 4.69) is 23.2 Å². The number of aromatic nitrogens is 1. The first-order valence-corrected chi connectivity index (χ1v) is 8.10. The molecular formula is C21H20N2O2. The maximum absolute atomic E-state index is 12.2. The Labute approximate surface area is 147 Å². The summed E-state index contributed by atoms with van der Waals surface area (Å²) in [6.45, 7) is 0.329. The van der Waals surface area contributed by atoms with Gasteiger partial charge in [-0.25, -0.2) is 0 Å². The van der Waals surface area contributed by atoms with Crippen LogP contribution in [-0.4, -0.2) is 24.1 Å². The van der Waals surface area contributed by atoms with Crippen LogP contribution in [0.2, 0.25) is 0 Å². The number of rotatable bonds is 4. The summed E-state index contributed by atoms with van der Waals surface area (Å²) < 4.78 is 7.15. The Morgan fingerprint density at radius 2 is 1.92 bits per heavy atom. The molecule has 0 radical (unpaired) electrons. The zero-order valence-electron chi connectivity index (χ0n) is 14.4. The molecule has 4 heteroatoms. The Hall–Kier alpha value is -3.19. The van der Waals surface area contributed by atoms with E-state index in [9.17, 15) is 4.79 Å². The summed E-state index contributed by atoms with van der Waals surface area (Å²) in [6, 6.07) is 15.6. The maximum Gasteiger partial charge on any atom is 0.225 e. The predicted molar refractivity (Wildman–Crippen MR) is 99.5 cm³/mol. The van der Waals surface area contributed by atoms with Gasteiger partial charge in [-0.2, -0.15) is 0 Å². The second kappa shape index (κ2) is 7.59. The molecule has 1 N–H and O–H groups in total. The number of fused-ring (bicyclic) bond motifs is 1. The lowest BCUT2D eigenvalue weighted by atomic mass is 10.1. The van der Waals surface area contributed by atoms with Gasteiger partial charge in [-0.1, -0.05) is 30.0 Å². The van der Waals surface area contributed by atoms with Crippen LogP contribution in [-0.2, 0) is 18.3 Å². The zero-order chi connectivity index (χ0) is 17.6. The summed E-state index contributed by atoms with van der Waals surface area (Å²) in [5, 5.41) is 3.97. The van der Waals surface area contributed by atoms with Crippen molar-refractivity contribution < 1.29 is 9.53 Å². The summed E-state index contributed by atoms with van der Waals surface area (Å²) in [4.78, 5) is 12.2. The van der Waals surface area contributed by atoms with E-state index < -0.39 is 0 Å². The smallest absolute Gasteiger partial charge is 0.225 e. The van der Waals surface area contributed by atoms with Crippen LogP contribution in [0.4, 0.5) is 0 Å². The number of nitrogens with one attached hydrogen (secondary N) is 1. The molecule has 0 atom stereocenters. The van der Waals surface area contributed by atoms with Gasteiger partial charge in [0.1, 0.15) is 5.75 Å². The number of carbonyl (C=O) groups excluding carboxylic acids is 1. The van der Waals surface area contributed by atoms with E-state index in [0.29, 0.717) is 13.0 Å². The molecule has 1 aromatic heterocycles. The minimum absolute atomic E-state index is 0.0274. The number of amides is 1. The van der Waals surface area contributed by atoms with Crippen molar-refractivity contribution in [2.24, 2.45) is 7.05 Å². The van der Waals surface area contributed by atoms with Crippen molar-refractivity contribution in [2.75, 3.05) is 13.7 Å². The number of hydrogen-bond donors (Lipinski definition) is 1. The lowest BCUT2D eigenvalue weighted by molar-refractivity contribution is -0.120. The minimum Gasteiger partial charge on any atom is -0.497 e. The molecule has 0 spiro atoms. The third-order valence-electron chi connectivity index (χ3n) is 4.03. The van der Waals surface area contributed by atoms with E-state index in [0.717, 1.165) is 27.8 Å². The van der Waals surface area contributed by atoms with Gasteiger partial charge in [0.25, 0.3) is 0 Å². The van der Waals surface area contributed by atoms with Gasteiger partial charge in [0.2, 0.25) is 5.91 Å². The van der Waals surface area contributed by atoms with E-state index in [1.165, 1.54) is 0 Å². The highest BCUT2D eigenvalue weighted by Gasteiger charge is 2.09. The summed E-state index contributed by atoms with van der Waals surface area (Å²) in [5.74, 6) is 6.77. The average Bonchev–Trinajstić information content (AvgIpc) is 2.95. The van der Waals surface area contributed by atoms with Crippen LogP contribution in [0.15, 0.2) is 54.7 Å². The van der Waals surface area contributed by atoms with Gasteiger partial charge in [0, 0.05) is 29.7 Å². The number of ether oxygens (including phenoxy) is 1. The van der Waals surface area contributed by atoms with Crippen LogP contribution in [0.3, 0.4) is 0 Å². The molecule has 1 heterocycles. The fourth-order valence-electron chi connectivity index (χ4n) is 2.77. The van der Waals surface area contributed by atoms with Crippen LogP contribution < -0.4 is 10.1 Å². The maximum atomic E-state index is 12.2. The molecule has 0 fully saturated rings. The van der Waals surface area contributed by atoms with Gasteiger partial charge in [0.05, 0.1) is 20.1 Å². The molecule has 0 aliphatic carbocycles. The topological polar surface area (TPSA) is 43.3 Å². The fourth-order valence-corrected chi connectivity index (χ4v) is 2.77. The first kappa shape index (κ1) is 16.7. The molecule has 25 heavy (non-hydrogen) atoms. The number of hydrogen-bond acceptors (Lipinski definition) is 2. The molecule has 3 rings (SSSR count). The molecule has 0 bridgehead atoms. The Bertz CT molecular complexity index is 943. The fraction of sp³-hybridized carbons (Fsp3) is 0.190. The monoisotopic (exact) mass is 332 g/mol. The lowest BCUT2D eigenvalue weighted by Crippen LogP contribution is -2.25. The van der Waals surface area contributed by atoms with Crippen molar-refractivity contribution in [2.45, 2.75) is 6.42 Å². The SMILES string of the molecule is COc1ccc(C#CCNC(=O)Cc2cn(C)c3ccccc23)cc1. The van der Waals surface area contributed by atoms with Crippen molar-refractivity contribution in [3.8, 4) is 17.6 Å². The molecule has 2 aromatic carbocycles. The summed E-state index contributed by atoms with van der Waals surface area (Å²) >= 11 is 0. The number of benzene rings is 2. The van der Waals surface area contributed by atoms with E-state index >= 15 is 0 Å². The average molecular weight is 332 g/mol. The number of carbonyl (C=O) groups is 1. The quantitative estimate of drug-likeness (QED) is 0.747. The molecule has 0 aliphatic heterocycles. The molecule has 3 aromatic rings. The molecule has 0 saturated heterocycles.